The van der Waals surface area contributed by atoms with E-state index in [1.54, 1.807) is 6.07 Å². The average Bonchev–Trinajstić information content (AvgIpc) is 3.41. The van der Waals surface area contributed by atoms with Crippen molar-refractivity contribution in [3.8, 4) is 28.7 Å². The number of benzene rings is 2. The van der Waals surface area contributed by atoms with Gasteiger partial charge in [0.1, 0.15) is 5.75 Å². The number of fused-ring (bicyclic) bond motifs is 1. The highest BCUT2D eigenvalue weighted by atomic mass is 16.5. The second-order valence-electron chi connectivity index (χ2n) is 8.20. The van der Waals surface area contributed by atoms with Crippen molar-refractivity contribution in [2.24, 2.45) is 17.6 Å². The summed E-state index contributed by atoms with van der Waals surface area (Å²) in [6.07, 6.45) is 0.798. The molecule has 8 heteroatoms. The highest BCUT2D eigenvalue weighted by Crippen LogP contribution is 2.48. The van der Waals surface area contributed by atoms with Gasteiger partial charge in [-0.25, -0.2) is 0 Å². The molecule has 0 radical (unpaired) electrons. The van der Waals surface area contributed by atoms with E-state index in [4.69, 9.17) is 24.7 Å². The Bertz CT molecular complexity index is 951. The number of ether oxygens (including phenoxy) is 4. The Morgan fingerprint density at radius 1 is 1.00 bits per heavy atom. The normalized spacial score (nSPS) is 19.6. The molecule has 2 aromatic carbocycles. The van der Waals surface area contributed by atoms with E-state index in [1.165, 1.54) is 21.3 Å². The molecule has 2 aliphatic rings. The number of carbonyl (C=O) groups is 1. The lowest BCUT2D eigenvalue weighted by molar-refractivity contribution is 0.0777. The van der Waals surface area contributed by atoms with E-state index < -0.39 is 0 Å². The second kappa shape index (κ2) is 9.67. The van der Waals surface area contributed by atoms with Crippen molar-refractivity contribution in [2.45, 2.75) is 6.42 Å². The molecule has 2 atom stereocenters. The molecule has 2 fully saturated rings. The summed E-state index contributed by atoms with van der Waals surface area (Å²) in [4.78, 5) is 15.4. The van der Waals surface area contributed by atoms with E-state index in [2.05, 4.69) is 5.32 Å². The Balaban J connectivity index is 1.68. The van der Waals surface area contributed by atoms with Gasteiger partial charge >= 0.3 is 0 Å². The number of nitrogens with one attached hydrogen (secondary N) is 1. The summed E-state index contributed by atoms with van der Waals surface area (Å²) in [5.41, 5.74) is 7.16. The van der Waals surface area contributed by atoms with Gasteiger partial charge in [0.25, 0.3) is 5.91 Å². The summed E-state index contributed by atoms with van der Waals surface area (Å²) in [6.45, 7) is 3.95. The molecule has 0 saturated carbocycles. The summed E-state index contributed by atoms with van der Waals surface area (Å²) in [6, 6.07) is 9.37. The number of nitrogens with two attached hydrogens (primary N) is 1. The van der Waals surface area contributed by atoms with Gasteiger partial charge in [0.2, 0.25) is 11.5 Å². The third-order valence-corrected chi connectivity index (χ3v) is 6.26. The van der Waals surface area contributed by atoms with Crippen molar-refractivity contribution < 1.29 is 23.7 Å². The molecular weight excluding hydrogens is 410 g/mol. The minimum absolute atomic E-state index is 0.0969. The summed E-state index contributed by atoms with van der Waals surface area (Å²) in [7, 11) is 4.57. The number of hydrogen-bond acceptors (Lipinski definition) is 7. The summed E-state index contributed by atoms with van der Waals surface area (Å²) >= 11 is 0. The topological polar surface area (TPSA) is 95.3 Å². The van der Waals surface area contributed by atoms with Crippen LogP contribution < -0.4 is 30.0 Å². The van der Waals surface area contributed by atoms with Crippen molar-refractivity contribution in [2.75, 3.05) is 54.1 Å². The van der Waals surface area contributed by atoms with Crippen LogP contribution in [0.2, 0.25) is 0 Å². The average molecular weight is 442 g/mol. The van der Waals surface area contributed by atoms with Crippen LogP contribution in [0.1, 0.15) is 15.9 Å². The van der Waals surface area contributed by atoms with Crippen LogP contribution in [0.5, 0.6) is 28.7 Å². The number of hydrogen-bond donors (Lipinski definition) is 2. The molecular formula is C24H31N3O5. The maximum atomic E-state index is 13.5. The molecule has 2 aromatic rings. The Kier molecular flexibility index (Phi) is 6.72. The van der Waals surface area contributed by atoms with E-state index in [0.717, 1.165) is 38.2 Å². The van der Waals surface area contributed by atoms with Crippen LogP contribution in [-0.4, -0.2) is 64.9 Å². The fourth-order valence-corrected chi connectivity index (χ4v) is 4.62. The van der Waals surface area contributed by atoms with Crippen molar-refractivity contribution in [3.05, 3.63) is 41.5 Å². The van der Waals surface area contributed by atoms with E-state index in [-0.39, 0.29) is 5.91 Å². The van der Waals surface area contributed by atoms with Crippen LogP contribution in [-0.2, 0) is 6.42 Å². The molecule has 0 bridgehead atoms. The van der Waals surface area contributed by atoms with Crippen molar-refractivity contribution in [3.63, 3.8) is 0 Å². The Labute approximate surface area is 188 Å². The number of amides is 1. The standard InChI is InChI=1S/C24H31N3O5/c1-29-21-19(24(28)27-13-16-11-26-12-17(16)14-27)10-20(22(30-2)23(21)31-3)32-18-6-4-15(5-7-18)8-9-25/h4-7,10,16-17,26H,8-9,11-14,25H2,1-3H3/t16-,17+. The quantitative estimate of drug-likeness (QED) is 0.649. The molecule has 3 N–H and O–H groups in total. The van der Waals surface area contributed by atoms with Crippen LogP contribution in [0.4, 0.5) is 0 Å². The zero-order valence-corrected chi connectivity index (χ0v) is 18.8. The molecule has 4 rings (SSSR count). The van der Waals surface area contributed by atoms with Crippen LogP contribution in [0.3, 0.4) is 0 Å². The highest BCUT2D eigenvalue weighted by Gasteiger charge is 2.39. The van der Waals surface area contributed by atoms with Gasteiger partial charge in [0, 0.05) is 32.2 Å². The number of rotatable bonds is 8. The minimum atomic E-state index is -0.0969. The molecule has 1 amide bonds. The fourth-order valence-electron chi connectivity index (χ4n) is 4.62. The third kappa shape index (κ3) is 4.20. The molecule has 2 saturated heterocycles. The zero-order valence-electron chi connectivity index (χ0n) is 18.8. The molecule has 0 aromatic heterocycles. The molecule has 8 nitrogen and oxygen atoms in total. The fraction of sp³-hybridized carbons (Fsp3) is 0.458. The van der Waals surface area contributed by atoms with Gasteiger partial charge in [-0.1, -0.05) is 12.1 Å². The monoisotopic (exact) mass is 441 g/mol. The van der Waals surface area contributed by atoms with Crippen LogP contribution >= 0.6 is 0 Å². The smallest absolute Gasteiger partial charge is 0.257 e. The first-order chi connectivity index (χ1) is 15.6. The molecule has 0 spiro atoms. The van der Waals surface area contributed by atoms with Crippen LogP contribution in [0.15, 0.2) is 30.3 Å². The van der Waals surface area contributed by atoms with Gasteiger partial charge in [0.15, 0.2) is 11.5 Å². The predicted molar refractivity (Wildman–Crippen MR) is 121 cm³/mol. The number of nitrogens with zero attached hydrogens (tertiary/aromatic N) is 1. The van der Waals surface area contributed by atoms with E-state index >= 15 is 0 Å². The lowest BCUT2D eigenvalue weighted by Gasteiger charge is -2.22. The zero-order chi connectivity index (χ0) is 22.7. The van der Waals surface area contributed by atoms with Gasteiger partial charge in [-0.3, -0.25) is 4.79 Å². The molecule has 0 aliphatic carbocycles. The summed E-state index contributed by atoms with van der Waals surface area (Å²) in [5, 5.41) is 3.40. The SMILES string of the molecule is COc1c(Oc2ccc(CCN)cc2)cc(C(=O)N2C[C@H]3CNC[C@H]3C2)c(OC)c1OC. The summed E-state index contributed by atoms with van der Waals surface area (Å²) in [5.74, 6) is 2.94. The lowest BCUT2D eigenvalue weighted by Crippen LogP contribution is -2.32. The Hall–Kier alpha value is -2.97. The predicted octanol–water partition coefficient (Wildman–Crippen LogP) is 2.30. The lowest BCUT2D eigenvalue weighted by atomic mass is 10.0. The van der Waals surface area contributed by atoms with Crippen LogP contribution in [0, 0.1) is 11.8 Å². The third-order valence-electron chi connectivity index (χ3n) is 6.26. The highest BCUT2D eigenvalue weighted by molar-refractivity contribution is 5.99. The molecule has 2 aliphatic heterocycles. The maximum Gasteiger partial charge on any atom is 0.257 e. The largest absolute Gasteiger partial charge is 0.492 e. The van der Waals surface area contributed by atoms with Crippen molar-refractivity contribution in [1.29, 1.82) is 0 Å². The van der Waals surface area contributed by atoms with Gasteiger partial charge < -0.3 is 34.9 Å². The van der Waals surface area contributed by atoms with Crippen molar-refractivity contribution >= 4 is 5.91 Å². The van der Waals surface area contributed by atoms with Gasteiger partial charge in [0.05, 0.1) is 26.9 Å². The van der Waals surface area contributed by atoms with E-state index in [1.807, 2.05) is 29.2 Å². The van der Waals surface area contributed by atoms with Gasteiger partial charge in [-0.05, 0) is 42.5 Å². The summed E-state index contributed by atoms with van der Waals surface area (Å²) < 4.78 is 22.9. The Morgan fingerprint density at radius 2 is 1.62 bits per heavy atom. The minimum Gasteiger partial charge on any atom is -0.492 e. The maximum absolute atomic E-state index is 13.5. The molecule has 32 heavy (non-hydrogen) atoms. The first-order valence-corrected chi connectivity index (χ1v) is 10.9. The molecule has 172 valence electrons. The second-order valence-corrected chi connectivity index (χ2v) is 8.20. The Morgan fingerprint density at radius 3 is 2.19 bits per heavy atom. The van der Waals surface area contributed by atoms with Gasteiger partial charge in [-0.2, -0.15) is 0 Å². The first kappa shape index (κ1) is 22.2. The molecule has 0 unspecified atom stereocenters. The number of likely N-dealkylation sites (tertiary alicyclic amines) is 1. The van der Waals surface area contributed by atoms with Gasteiger partial charge in [-0.15, -0.1) is 0 Å². The van der Waals surface area contributed by atoms with Crippen LogP contribution in [0.25, 0.3) is 0 Å². The van der Waals surface area contributed by atoms with Crippen molar-refractivity contribution in [1.82, 2.24) is 10.2 Å². The molecule has 2 heterocycles. The van der Waals surface area contributed by atoms with E-state index in [0.29, 0.717) is 52.7 Å². The van der Waals surface area contributed by atoms with E-state index in [9.17, 15) is 4.79 Å². The first-order valence-electron chi connectivity index (χ1n) is 10.9. The number of methoxy groups -OCH3 is 3. The number of carbonyl (C=O) groups excluding carboxylic acids is 1.